The minimum atomic E-state index is -0.888. The summed E-state index contributed by atoms with van der Waals surface area (Å²) < 4.78 is 4.65. The number of benzene rings is 1. The third kappa shape index (κ3) is 6.78. The highest BCUT2D eigenvalue weighted by Crippen LogP contribution is 2.43. The van der Waals surface area contributed by atoms with Gasteiger partial charge in [0.2, 0.25) is 0 Å². The van der Waals surface area contributed by atoms with Crippen LogP contribution in [0.25, 0.3) is 0 Å². The lowest BCUT2D eigenvalue weighted by molar-refractivity contribution is -0.140. The summed E-state index contributed by atoms with van der Waals surface area (Å²) in [7, 11) is 1.40. The number of aliphatic hydroxyl groups excluding tert-OH is 2. The van der Waals surface area contributed by atoms with Gasteiger partial charge in [-0.05, 0) is 43.2 Å². The second kappa shape index (κ2) is 12.0. The first kappa shape index (κ1) is 24.3. The quantitative estimate of drug-likeness (QED) is 0.297. The van der Waals surface area contributed by atoms with Gasteiger partial charge in [-0.15, -0.1) is 0 Å². The molecule has 0 radical (unpaired) electrons. The number of allylic oxidation sites excluding steroid dienone is 2. The van der Waals surface area contributed by atoms with Gasteiger partial charge in [-0.2, -0.15) is 0 Å². The Morgan fingerprint density at radius 2 is 1.93 bits per heavy atom. The normalized spacial score (nSPS) is 21.1. The molecule has 0 spiro atoms. The molecule has 5 nitrogen and oxygen atoms in total. The van der Waals surface area contributed by atoms with Crippen LogP contribution in [0.2, 0.25) is 0 Å². The first-order valence-electron chi connectivity index (χ1n) is 11.1. The smallest absolute Gasteiger partial charge is 0.305 e. The molecule has 1 fully saturated rings. The highest BCUT2D eigenvalue weighted by molar-refractivity contribution is 5.83. The number of hydrogen-bond donors (Lipinski definition) is 2. The lowest BCUT2D eigenvalue weighted by Crippen LogP contribution is -2.23. The molecule has 1 aromatic rings. The van der Waals surface area contributed by atoms with Crippen molar-refractivity contribution >= 4 is 11.8 Å². The zero-order chi connectivity index (χ0) is 22.0. The van der Waals surface area contributed by atoms with Gasteiger partial charge in [0, 0.05) is 24.7 Å². The molecule has 0 heterocycles. The summed E-state index contributed by atoms with van der Waals surface area (Å²) in [5.74, 6) is 0.0940. The van der Waals surface area contributed by atoms with Crippen molar-refractivity contribution in [2.45, 2.75) is 88.8 Å². The van der Waals surface area contributed by atoms with Gasteiger partial charge in [0.15, 0.2) is 0 Å². The molecule has 1 aliphatic rings. The van der Waals surface area contributed by atoms with Gasteiger partial charge in [0.25, 0.3) is 0 Å². The van der Waals surface area contributed by atoms with Crippen LogP contribution in [0.1, 0.15) is 88.4 Å². The van der Waals surface area contributed by atoms with Crippen molar-refractivity contribution in [3.8, 4) is 0 Å². The minimum absolute atomic E-state index is 0.191. The van der Waals surface area contributed by atoms with E-state index >= 15 is 0 Å². The fourth-order valence-corrected chi connectivity index (χ4v) is 4.19. The molecule has 0 amide bonds. The van der Waals surface area contributed by atoms with Crippen molar-refractivity contribution in [2.75, 3.05) is 7.11 Å². The number of Topliss-reactive ketones (excluding diaryl/α,β-unsaturated/α-hetero) is 1. The van der Waals surface area contributed by atoms with Crippen molar-refractivity contribution in [3.63, 3.8) is 0 Å². The Morgan fingerprint density at radius 1 is 1.20 bits per heavy atom. The van der Waals surface area contributed by atoms with Crippen LogP contribution >= 0.6 is 0 Å². The summed E-state index contributed by atoms with van der Waals surface area (Å²) in [6.07, 6.45) is 9.69. The van der Waals surface area contributed by atoms with Gasteiger partial charge < -0.3 is 14.9 Å². The van der Waals surface area contributed by atoms with E-state index in [1.807, 2.05) is 24.3 Å². The zero-order valence-electron chi connectivity index (χ0n) is 18.3. The number of esters is 1. The molecule has 166 valence electrons. The molecular formula is C25H36O5. The number of rotatable bonds is 12. The van der Waals surface area contributed by atoms with E-state index in [2.05, 4.69) is 23.8 Å². The Hall–Kier alpha value is -1.98. The van der Waals surface area contributed by atoms with E-state index in [9.17, 15) is 19.8 Å². The maximum absolute atomic E-state index is 12.1. The lowest BCUT2D eigenvalue weighted by atomic mass is 9.75. The predicted octanol–water partition coefficient (Wildman–Crippen LogP) is 4.55. The van der Waals surface area contributed by atoms with E-state index in [1.165, 1.54) is 7.11 Å². The Bertz CT molecular complexity index is 709. The molecule has 30 heavy (non-hydrogen) atoms. The number of aliphatic hydroxyl groups is 2. The number of hydrogen-bond acceptors (Lipinski definition) is 5. The third-order valence-corrected chi connectivity index (χ3v) is 6.16. The summed E-state index contributed by atoms with van der Waals surface area (Å²) >= 11 is 0. The topological polar surface area (TPSA) is 83.8 Å². The summed E-state index contributed by atoms with van der Waals surface area (Å²) in [5, 5.41) is 20.6. The van der Waals surface area contributed by atoms with Crippen molar-refractivity contribution in [1.82, 2.24) is 0 Å². The van der Waals surface area contributed by atoms with E-state index in [0.717, 1.165) is 44.1 Å². The van der Waals surface area contributed by atoms with Gasteiger partial charge in [0.1, 0.15) is 11.9 Å². The fourth-order valence-electron chi connectivity index (χ4n) is 4.19. The third-order valence-electron chi connectivity index (χ3n) is 6.16. The van der Waals surface area contributed by atoms with E-state index in [4.69, 9.17) is 0 Å². The molecule has 0 saturated heterocycles. The van der Waals surface area contributed by atoms with Gasteiger partial charge in [0.05, 0.1) is 13.2 Å². The van der Waals surface area contributed by atoms with Crippen LogP contribution in [0.4, 0.5) is 0 Å². The van der Waals surface area contributed by atoms with E-state index < -0.39 is 12.2 Å². The summed E-state index contributed by atoms with van der Waals surface area (Å²) in [6, 6.07) is 7.74. The van der Waals surface area contributed by atoms with Crippen LogP contribution in [0.15, 0.2) is 36.4 Å². The number of carbonyl (C=O) groups excluding carboxylic acids is 2. The molecule has 1 saturated carbocycles. The molecule has 0 bridgehead atoms. The molecule has 5 heteroatoms. The maximum Gasteiger partial charge on any atom is 0.305 e. The SMILES string of the molecule is CCCCC(O)C(O)c1ccc([C@@]2(C/C=C\CCCC(=O)OC)CCC(=O)C2)cc1. The summed E-state index contributed by atoms with van der Waals surface area (Å²) in [6.45, 7) is 2.06. The molecule has 3 atom stereocenters. The first-order valence-corrected chi connectivity index (χ1v) is 11.1. The van der Waals surface area contributed by atoms with Gasteiger partial charge in [-0.1, -0.05) is 56.2 Å². The molecule has 2 rings (SSSR count). The zero-order valence-corrected chi connectivity index (χ0v) is 18.3. The van der Waals surface area contributed by atoms with E-state index in [1.54, 1.807) is 0 Å². The molecular weight excluding hydrogens is 380 g/mol. The van der Waals surface area contributed by atoms with Crippen LogP contribution in [-0.4, -0.2) is 35.2 Å². The Labute approximate surface area is 180 Å². The standard InChI is InChI=1S/C25H36O5/c1-3-4-9-22(27)24(29)19-11-13-20(14-12-19)25(17-15-21(26)18-25)16-8-6-5-7-10-23(28)30-2/h6,8,11-14,22,24,27,29H,3-5,7,9-10,15-18H2,1-2H3/b8-6-/t22?,24?,25-/m0/s1. The van der Waals surface area contributed by atoms with Crippen LogP contribution in [0, 0.1) is 0 Å². The van der Waals surface area contributed by atoms with Crippen molar-refractivity contribution in [1.29, 1.82) is 0 Å². The second-order valence-corrected chi connectivity index (χ2v) is 8.42. The molecule has 0 aliphatic heterocycles. The number of ketones is 1. The maximum atomic E-state index is 12.1. The van der Waals surface area contributed by atoms with Crippen LogP contribution in [-0.2, 0) is 19.7 Å². The molecule has 2 N–H and O–H groups in total. The summed E-state index contributed by atoms with van der Waals surface area (Å²) in [5.41, 5.74) is 1.60. The molecule has 1 aliphatic carbocycles. The minimum Gasteiger partial charge on any atom is -0.469 e. The average molecular weight is 417 g/mol. The Kier molecular flexibility index (Phi) is 9.73. The highest BCUT2D eigenvalue weighted by atomic mass is 16.5. The van der Waals surface area contributed by atoms with Crippen LogP contribution in [0.5, 0.6) is 0 Å². The van der Waals surface area contributed by atoms with Crippen molar-refractivity contribution in [3.05, 3.63) is 47.5 Å². The van der Waals surface area contributed by atoms with Crippen molar-refractivity contribution in [2.24, 2.45) is 0 Å². The van der Waals surface area contributed by atoms with E-state index in [0.29, 0.717) is 31.2 Å². The van der Waals surface area contributed by atoms with Crippen molar-refractivity contribution < 1.29 is 24.5 Å². The van der Waals surface area contributed by atoms with Crippen LogP contribution in [0.3, 0.4) is 0 Å². The number of methoxy groups -OCH3 is 1. The molecule has 2 unspecified atom stereocenters. The predicted molar refractivity (Wildman–Crippen MR) is 117 cm³/mol. The fraction of sp³-hybridized carbons (Fsp3) is 0.600. The summed E-state index contributed by atoms with van der Waals surface area (Å²) in [4.78, 5) is 23.3. The van der Waals surface area contributed by atoms with Crippen LogP contribution < -0.4 is 0 Å². The Morgan fingerprint density at radius 3 is 2.53 bits per heavy atom. The van der Waals surface area contributed by atoms with Gasteiger partial charge >= 0.3 is 5.97 Å². The highest BCUT2D eigenvalue weighted by Gasteiger charge is 2.39. The average Bonchev–Trinajstić information content (AvgIpc) is 3.15. The molecule has 1 aromatic carbocycles. The van der Waals surface area contributed by atoms with Gasteiger partial charge in [-0.3, -0.25) is 9.59 Å². The van der Waals surface area contributed by atoms with Gasteiger partial charge in [-0.25, -0.2) is 0 Å². The molecule has 0 aromatic heterocycles. The number of ether oxygens (including phenoxy) is 1. The number of unbranched alkanes of at least 4 members (excludes halogenated alkanes) is 2. The Balaban J connectivity index is 2.02. The monoisotopic (exact) mass is 416 g/mol. The lowest BCUT2D eigenvalue weighted by Gasteiger charge is -2.28. The first-order chi connectivity index (χ1) is 14.4. The number of carbonyl (C=O) groups is 2. The largest absolute Gasteiger partial charge is 0.469 e. The van der Waals surface area contributed by atoms with E-state index in [-0.39, 0.29) is 17.2 Å². The second-order valence-electron chi connectivity index (χ2n) is 8.42.